The van der Waals surface area contributed by atoms with Crippen molar-refractivity contribution in [3.8, 4) is 5.75 Å². The number of nitrogens with zero attached hydrogens (tertiary/aromatic N) is 2. The Hall–Kier alpha value is -2.54. The fourth-order valence-corrected chi connectivity index (χ4v) is 3.52. The zero-order chi connectivity index (χ0) is 20.1. The molecule has 6 nitrogen and oxygen atoms in total. The molecule has 29 heavy (non-hydrogen) atoms. The normalized spacial score (nSPS) is 21.3. The summed E-state index contributed by atoms with van der Waals surface area (Å²) in [4.78, 5) is 4.13. The second-order valence-electron chi connectivity index (χ2n) is 7.20. The van der Waals surface area contributed by atoms with E-state index in [0.29, 0.717) is 31.9 Å². The van der Waals surface area contributed by atoms with E-state index in [1.165, 1.54) is 5.56 Å². The molecule has 0 saturated carbocycles. The number of aryl methyl sites for hydroxylation is 1. The van der Waals surface area contributed by atoms with Gasteiger partial charge in [-0.15, -0.1) is 0 Å². The molecule has 0 aliphatic carbocycles. The highest BCUT2D eigenvalue weighted by Gasteiger charge is 2.42. The van der Waals surface area contributed by atoms with Crippen molar-refractivity contribution < 1.29 is 14.2 Å². The zero-order valence-electron chi connectivity index (χ0n) is 16.0. The molecule has 2 heterocycles. The second-order valence-corrected chi connectivity index (χ2v) is 7.64. The summed E-state index contributed by atoms with van der Waals surface area (Å²) in [6.07, 6.45) is 6.82. The lowest BCUT2D eigenvalue weighted by molar-refractivity contribution is -0.184. The predicted octanol–water partition coefficient (Wildman–Crippen LogP) is 3.94. The van der Waals surface area contributed by atoms with Crippen molar-refractivity contribution in [2.75, 3.05) is 18.9 Å². The van der Waals surface area contributed by atoms with E-state index in [9.17, 15) is 0 Å². The molecule has 4 rings (SSSR count). The quantitative estimate of drug-likeness (QED) is 0.566. The van der Waals surface area contributed by atoms with Gasteiger partial charge in [0.1, 0.15) is 18.5 Å². The van der Waals surface area contributed by atoms with E-state index in [2.05, 4.69) is 4.98 Å². The lowest BCUT2D eigenvalue weighted by atomic mass is 10.0. The number of nitrogen functional groups attached to an aromatic ring is 1. The van der Waals surface area contributed by atoms with Crippen molar-refractivity contribution in [3.63, 3.8) is 0 Å². The number of imidazole rings is 1. The molecular weight excluding hydrogens is 390 g/mol. The summed E-state index contributed by atoms with van der Waals surface area (Å²) in [6, 6.07) is 15.2. The number of benzene rings is 2. The third-order valence-electron chi connectivity index (χ3n) is 4.92. The molecule has 0 spiro atoms. The van der Waals surface area contributed by atoms with Crippen LogP contribution in [0.3, 0.4) is 0 Å². The van der Waals surface area contributed by atoms with E-state index in [0.717, 1.165) is 17.2 Å². The Kier molecular flexibility index (Phi) is 6.04. The first-order chi connectivity index (χ1) is 14.1. The first-order valence-corrected chi connectivity index (χ1v) is 9.98. The monoisotopic (exact) mass is 413 g/mol. The van der Waals surface area contributed by atoms with Crippen molar-refractivity contribution in [2.45, 2.75) is 31.3 Å². The van der Waals surface area contributed by atoms with Gasteiger partial charge in [0.2, 0.25) is 0 Å². The van der Waals surface area contributed by atoms with Crippen LogP contribution in [0.4, 0.5) is 5.69 Å². The van der Waals surface area contributed by atoms with Crippen LogP contribution >= 0.6 is 11.6 Å². The first-order valence-electron chi connectivity index (χ1n) is 9.61. The minimum atomic E-state index is -0.727. The van der Waals surface area contributed by atoms with Gasteiger partial charge in [0.05, 0.1) is 19.5 Å². The van der Waals surface area contributed by atoms with Gasteiger partial charge >= 0.3 is 0 Å². The molecule has 1 aliphatic rings. The highest BCUT2D eigenvalue weighted by Crippen LogP contribution is 2.31. The highest BCUT2D eigenvalue weighted by atomic mass is 35.5. The molecule has 3 aromatic rings. The van der Waals surface area contributed by atoms with Crippen molar-refractivity contribution in [3.05, 3.63) is 77.8 Å². The molecule has 1 saturated heterocycles. The van der Waals surface area contributed by atoms with E-state index >= 15 is 0 Å². The van der Waals surface area contributed by atoms with Crippen molar-refractivity contribution in [1.82, 2.24) is 9.55 Å². The lowest BCUT2D eigenvalue weighted by Crippen LogP contribution is -2.37. The van der Waals surface area contributed by atoms with Crippen LogP contribution < -0.4 is 10.5 Å². The summed E-state index contributed by atoms with van der Waals surface area (Å²) < 4.78 is 20.4. The lowest BCUT2D eigenvalue weighted by Gasteiger charge is -2.28. The van der Waals surface area contributed by atoms with Crippen molar-refractivity contribution in [2.24, 2.45) is 0 Å². The Morgan fingerprint density at radius 2 is 1.97 bits per heavy atom. The smallest absolute Gasteiger partial charge is 0.187 e. The maximum atomic E-state index is 6.37. The average molecular weight is 414 g/mol. The molecule has 2 aromatic carbocycles. The molecular formula is C22H24ClN3O3. The number of rotatable bonds is 8. The van der Waals surface area contributed by atoms with Gasteiger partial charge in [-0.25, -0.2) is 4.98 Å². The molecule has 0 unspecified atom stereocenters. The number of anilines is 1. The van der Waals surface area contributed by atoms with Crippen molar-refractivity contribution >= 4 is 17.3 Å². The van der Waals surface area contributed by atoms with Crippen LogP contribution in [0.15, 0.2) is 67.3 Å². The van der Waals surface area contributed by atoms with Crippen LogP contribution in [0.25, 0.3) is 0 Å². The van der Waals surface area contributed by atoms with Gasteiger partial charge in [-0.3, -0.25) is 0 Å². The molecule has 1 aromatic heterocycles. The maximum absolute atomic E-state index is 6.37. The highest BCUT2D eigenvalue weighted by molar-refractivity contribution is 6.30. The number of halogens is 1. The van der Waals surface area contributed by atoms with E-state index < -0.39 is 5.79 Å². The largest absolute Gasteiger partial charge is 0.491 e. The standard InChI is InChI=1S/C22H24ClN3O3/c23-18-3-1-17(2-4-18)9-10-22(15-26-12-11-25-16-26)28-14-21(29-22)13-27-20-7-5-19(24)6-8-20/h1-8,11-12,16,21H,9-10,13-15,24H2/t21-,22+/m0/s1. The van der Waals surface area contributed by atoms with Gasteiger partial charge in [0.15, 0.2) is 5.79 Å². The molecule has 152 valence electrons. The molecule has 1 aliphatic heterocycles. The van der Waals surface area contributed by atoms with Gasteiger partial charge < -0.3 is 24.5 Å². The Morgan fingerprint density at radius 1 is 1.17 bits per heavy atom. The van der Waals surface area contributed by atoms with Gasteiger partial charge in [-0.1, -0.05) is 23.7 Å². The number of ether oxygens (including phenoxy) is 3. The fourth-order valence-electron chi connectivity index (χ4n) is 3.39. The van der Waals surface area contributed by atoms with E-state index in [1.54, 1.807) is 12.5 Å². The Bertz CT molecular complexity index is 900. The Balaban J connectivity index is 1.40. The van der Waals surface area contributed by atoms with Gasteiger partial charge in [-0.2, -0.15) is 0 Å². The molecule has 2 N–H and O–H groups in total. The second kappa shape index (κ2) is 8.86. The van der Waals surface area contributed by atoms with E-state index in [-0.39, 0.29) is 6.10 Å². The summed E-state index contributed by atoms with van der Waals surface area (Å²) in [5.41, 5.74) is 7.62. The Morgan fingerprint density at radius 3 is 2.69 bits per heavy atom. The summed E-state index contributed by atoms with van der Waals surface area (Å²) in [6.45, 7) is 1.46. The van der Waals surface area contributed by atoms with Crippen LogP contribution in [-0.4, -0.2) is 34.7 Å². The topological polar surface area (TPSA) is 71.5 Å². The molecule has 0 bridgehead atoms. The van der Waals surface area contributed by atoms with E-state index in [4.69, 9.17) is 31.5 Å². The number of aromatic nitrogens is 2. The van der Waals surface area contributed by atoms with Crippen molar-refractivity contribution in [1.29, 1.82) is 0 Å². The summed E-state index contributed by atoms with van der Waals surface area (Å²) >= 11 is 5.99. The van der Waals surface area contributed by atoms with Crippen LogP contribution in [0, 0.1) is 0 Å². The molecule has 0 radical (unpaired) electrons. The predicted molar refractivity (Wildman–Crippen MR) is 112 cm³/mol. The molecule has 0 amide bonds. The Labute approximate surface area is 175 Å². The summed E-state index contributed by atoms with van der Waals surface area (Å²) in [5, 5.41) is 0.732. The van der Waals surface area contributed by atoms with Crippen LogP contribution in [0.5, 0.6) is 5.75 Å². The fraction of sp³-hybridized carbons (Fsp3) is 0.318. The summed E-state index contributed by atoms with van der Waals surface area (Å²) in [5.74, 6) is 0.0335. The van der Waals surface area contributed by atoms with Crippen LogP contribution in [-0.2, 0) is 22.4 Å². The number of hydrogen-bond acceptors (Lipinski definition) is 5. The average Bonchev–Trinajstić information content (AvgIpc) is 3.38. The number of hydrogen-bond donors (Lipinski definition) is 1. The molecule has 1 fully saturated rings. The zero-order valence-corrected chi connectivity index (χ0v) is 16.8. The van der Waals surface area contributed by atoms with Gasteiger partial charge in [0.25, 0.3) is 0 Å². The van der Waals surface area contributed by atoms with Gasteiger partial charge in [0, 0.05) is 29.5 Å². The minimum absolute atomic E-state index is 0.152. The molecule has 2 atom stereocenters. The van der Waals surface area contributed by atoms with Crippen LogP contribution in [0.2, 0.25) is 5.02 Å². The third-order valence-corrected chi connectivity index (χ3v) is 5.17. The third kappa shape index (κ3) is 5.29. The number of nitrogens with two attached hydrogens (primary N) is 1. The summed E-state index contributed by atoms with van der Waals surface area (Å²) in [7, 11) is 0. The van der Waals surface area contributed by atoms with E-state index in [1.807, 2.05) is 59.3 Å². The minimum Gasteiger partial charge on any atom is -0.491 e. The van der Waals surface area contributed by atoms with Gasteiger partial charge in [-0.05, 0) is 48.4 Å². The maximum Gasteiger partial charge on any atom is 0.187 e. The molecule has 7 heteroatoms. The SMILES string of the molecule is Nc1ccc(OC[C@H]2CO[C@@](CCc3ccc(Cl)cc3)(Cn3ccnc3)O2)cc1. The van der Waals surface area contributed by atoms with Crippen LogP contribution in [0.1, 0.15) is 12.0 Å². The first kappa shape index (κ1) is 19.8.